The molecule has 1 aromatic heterocycles. The standard InChI is InChI=1S/C26H33FN4O3/c1-18(2)30-22-5-3-4-6-23(22)31(26(30)34)25(33)28-17-19-11-14-29(15-12-19)16-13-24(32)20-7-9-21(27)10-8-20/h3-10,18-19,24,32H,11-17H2,1-2H3,(H,28,33). The lowest BCUT2D eigenvalue weighted by atomic mass is 9.96. The molecule has 7 nitrogen and oxygen atoms in total. The van der Waals surface area contributed by atoms with Gasteiger partial charge in [-0.2, -0.15) is 0 Å². The van der Waals surface area contributed by atoms with E-state index in [2.05, 4.69) is 10.2 Å². The molecule has 0 aliphatic carbocycles. The van der Waals surface area contributed by atoms with Crippen molar-refractivity contribution in [2.75, 3.05) is 26.2 Å². The van der Waals surface area contributed by atoms with Crippen molar-refractivity contribution in [1.82, 2.24) is 19.4 Å². The van der Waals surface area contributed by atoms with Crippen molar-refractivity contribution in [2.24, 2.45) is 5.92 Å². The number of likely N-dealkylation sites (tertiary alicyclic amines) is 1. The van der Waals surface area contributed by atoms with Gasteiger partial charge in [-0.05, 0) is 81.9 Å². The van der Waals surface area contributed by atoms with Gasteiger partial charge in [0.1, 0.15) is 5.82 Å². The second-order valence-electron chi connectivity index (χ2n) is 9.40. The van der Waals surface area contributed by atoms with Crippen LogP contribution < -0.4 is 11.0 Å². The highest BCUT2D eigenvalue weighted by Crippen LogP contribution is 2.21. The van der Waals surface area contributed by atoms with Gasteiger partial charge in [0.2, 0.25) is 0 Å². The van der Waals surface area contributed by atoms with Crippen LogP contribution in [0.4, 0.5) is 9.18 Å². The highest BCUT2D eigenvalue weighted by Gasteiger charge is 2.23. The predicted molar refractivity (Wildman–Crippen MR) is 131 cm³/mol. The molecule has 8 heteroatoms. The fourth-order valence-electron chi connectivity index (χ4n) is 4.75. The fraction of sp³-hybridized carbons (Fsp3) is 0.462. The predicted octanol–water partition coefficient (Wildman–Crippen LogP) is 3.92. The van der Waals surface area contributed by atoms with E-state index in [1.807, 2.05) is 32.0 Å². The molecule has 2 heterocycles. The van der Waals surface area contributed by atoms with Crippen molar-refractivity contribution >= 4 is 17.1 Å². The molecular formula is C26H33FN4O3. The van der Waals surface area contributed by atoms with E-state index in [9.17, 15) is 19.1 Å². The number of benzene rings is 2. The van der Waals surface area contributed by atoms with Gasteiger partial charge in [-0.25, -0.2) is 18.5 Å². The normalized spacial score (nSPS) is 16.3. The van der Waals surface area contributed by atoms with Crippen LogP contribution in [-0.2, 0) is 0 Å². The van der Waals surface area contributed by atoms with Crippen molar-refractivity contribution in [1.29, 1.82) is 0 Å². The average molecular weight is 469 g/mol. The lowest BCUT2D eigenvalue weighted by molar-refractivity contribution is 0.123. The zero-order valence-corrected chi connectivity index (χ0v) is 19.8. The lowest BCUT2D eigenvalue weighted by Crippen LogP contribution is -2.42. The molecule has 0 spiro atoms. The number of nitrogens with zero attached hydrogens (tertiary/aromatic N) is 3. The van der Waals surface area contributed by atoms with Crippen LogP contribution >= 0.6 is 0 Å². The SMILES string of the molecule is CC(C)n1c(=O)n(C(=O)NCC2CCN(CCC(O)c3ccc(F)cc3)CC2)c2ccccc21. The summed E-state index contributed by atoms with van der Waals surface area (Å²) in [7, 11) is 0. The van der Waals surface area contributed by atoms with Crippen molar-refractivity contribution in [3.05, 3.63) is 70.4 Å². The Morgan fingerprint density at radius 1 is 1.09 bits per heavy atom. The molecule has 182 valence electrons. The number of aromatic nitrogens is 2. The highest BCUT2D eigenvalue weighted by molar-refractivity contribution is 5.89. The third kappa shape index (κ3) is 5.23. The Bertz CT molecular complexity index is 1180. The number of imidazole rings is 1. The molecule has 1 atom stereocenters. The molecule has 34 heavy (non-hydrogen) atoms. The molecule has 0 bridgehead atoms. The van der Waals surface area contributed by atoms with Crippen molar-refractivity contribution < 1.29 is 14.3 Å². The maximum absolute atomic E-state index is 13.1. The Morgan fingerprint density at radius 3 is 2.38 bits per heavy atom. The molecule has 0 saturated carbocycles. The molecule has 1 fully saturated rings. The zero-order valence-electron chi connectivity index (χ0n) is 19.8. The van der Waals surface area contributed by atoms with Gasteiger partial charge in [0.15, 0.2) is 0 Å². The highest BCUT2D eigenvalue weighted by atomic mass is 19.1. The summed E-state index contributed by atoms with van der Waals surface area (Å²) in [6.07, 6.45) is 1.87. The van der Waals surface area contributed by atoms with Crippen LogP contribution in [-0.4, -0.2) is 51.4 Å². The minimum atomic E-state index is -0.608. The number of aliphatic hydroxyl groups excluding tert-OH is 1. The summed E-state index contributed by atoms with van der Waals surface area (Å²) in [4.78, 5) is 28.2. The second-order valence-corrected chi connectivity index (χ2v) is 9.40. The van der Waals surface area contributed by atoms with Crippen LogP contribution in [0.3, 0.4) is 0 Å². The molecule has 3 aromatic rings. The first-order valence-corrected chi connectivity index (χ1v) is 12.0. The largest absolute Gasteiger partial charge is 0.388 e. The topological polar surface area (TPSA) is 79.5 Å². The van der Waals surface area contributed by atoms with Crippen LogP contribution in [0.1, 0.15) is 50.8 Å². The minimum Gasteiger partial charge on any atom is -0.388 e. The van der Waals surface area contributed by atoms with Crippen LogP contribution in [0.5, 0.6) is 0 Å². The Hall–Kier alpha value is -2.97. The molecule has 1 aliphatic heterocycles. The molecule has 1 amide bonds. The van der Waals surface area contributed by atoms with Gasteiger partial charge in [0, 0.05) is 19.1 Å². The number of hydrogen-bond donors (Lipinski definition) is 2. The summed E-state index contributed by atoms with van der Waals surface area (Å²) >= 11 is 0. The maximum atomic E-state index is 13.1. The molecule has 2 N–H and O–H groups in total. The molecule has 1 saturated heterocycles. The zero-order chi connectivity index (χ0) is 24.2. The number of nitrogens with one attached hydrogen (secondary N) is 1. The van der Waals surface area contributed by atoms with E-state index < -0.39 is 6.10 Å². The van der Waals surface area contributed by atoms with Crippen LogP contribution in [0.25, 0.3) is 11.0 Å². The van der Waals surface area contributed by atoms with Crippen LogP contribution in [0.15, 0.2) is 53.3 Å². The lowest BCUT2D eigenvalue weighted by Gasteiger charge is -2.32. The minimum absolute atomic E-state index is 0.0441. The number of carbonyl (C=O) groups is 1. The number of para-hydroxylation sites is 2. The summed E-state index contributed by atoms with van der Waals surface area (Å²) < 4.78 is 15.9. The maximum Gasteiger partial charge on any atom is 0.337 e. The van der Waals surface area contributed by atoms with E-state index in [1.165, 1.54) is 16.7 Å². The van der Waals surface area contributed by atoms with Gasteiger partial charge < -0.3 is 15.3 Å². The van der Waals surface area contributed by atoms with E-state index >= 15 is 0 Å². The monoisotopic (exact) mass is 468 g/mol. The van der Waals surface area contributed by atoms with E-state index in [-0.39, 0.29) is 23.6 Å². The Morgan fingerprint density at radius 2 is 1.74 bits per heavy atom. The number of rotatable bonds is 7. The fourth-order valence-corrected chi connectivity index (χ4v) is 4.75. The number of carbonyl (C=O) groups excluding carboxylic acids is 1. The number of aliphatic hydroxyl groups is 1. The number of fused-ring (bicyclic) bond motifs is 1. The van der Waals surface area contributed by atoms with E-state index in [1.54, 1.807) is 22.8 Å². The molecule has 2 aromatic carbocycles. The Kier molecular flexibility index (Phi) is 7.48. The number of halogens is 1. The van der Waals surface area contributed by atoms with Crippen molar-refractivity contribution in [2.45, 2.75) is 45.3 Å². The van der Waals surface area contributed by atoms with Crippen LogP contribution in [0.2, 0.25) is 0 Å². The van der Waals surface area contributed by atoms with Crippen molar-refractivity contribution in [3.63, 3.8) is 0 Å². The third-order valence-corrected chi connectivity index (χ3v) is 6.72. The first-order valence-electron chi connectivity index (χ1n) is 12.0. The Labute approximate surface area is 198 Å². The van der Waals surface area contributed by atoms with Gasteiger partial charge >= 0.3 is 11.7 Å². The van der Waals surface area contributed by atoms with Crippen molar-refractivity contribution in [3.8, 4) is 0 Å². The first kappa shape index (κ1) is 24.2. The molecule has 1 aliphatic rings. The average Bonchev–Trinajstić information content (AvgIpc) is 3.14. The van der Waals surface area contributed by atoms with Crippen LogP contribution in [0, 0.1) is 11.7 Å². The quantitative estimate of drug-likeness (QED) is 0.551. The Balaban J connectivity index is 1.28. The summed E-state index contributed by atoms with van der Waals surface area (Å²) in [6, 6.07) is 12.9. The first-order chi connectivity index (χ1) is 16.3. The summed E-state index contributed by atoms with van der Waals surface area (Å²) in [5, 5.41) is 13.3. The number of hydrogen-bond acceptors (Lipinski definition) is 4. The van der Waals surface area contributed by atoms with Gasteiger partial charge in [-0.3, -0.25) is 4.57 Å². The third-order valence-electron chi connectivity index (χ3n) is 6.72. The smallest absolute Gasteiger partial charge is 0.337 e. The summed E-state index contributed by atoms with van der Waals surface area (Å²) in [5.41, 5.74) is 1.79. The van der Waals surface area contributed by atoms with E-state index in [0.717, 1.165) is 43.6 Å². The van der Waals surface area contributed by atoms with Gasteiger partial charge in [0.05, 0.1) is 17.1 Å². The molecular weight excluding hydrogens is 435 g/mol. The van der Waals surface area contributed by atoms with E-state index in [4.69, 9.17) is 0 Å². The molecule has 4 rings (SSSR count). The second kappa shape index (κ2) is 10.5. The number of piperidine rings is 1. The van der Waals surface area contributed by atoms with Gasteiger partial charge in [-0.1, -0.05) is 24.3 Å². The molecule has 0 radical (unpaired) electrons. The summed E-state index contributed by atoms with van der Waals surface area (Å²) in [5.74, 6) is 0.0389. The summed E-state index contributed by atoms with van der Waals surface area (Å²) in [6.45, 7) is 6.94. The van der Waals surface area contributed by atoms with E-state index in [0.29, 0.717) is 24.4 Å². The van der Waals surface area contributed by atoms with Gasteiger partial charge in [-0.15, -0.1) is 0 Å². The van der Waals surface area contributed by atoms with Gasteiger partial charge in [0.25, 0.3) is 0 Å². The number of amides is 1. The molecule has 1 unspecified atom stereocenters.